The van der Waals surface area contributed by atoms with Crippen LogP contribution in [-0.2, 0) is 20.0 Å². The maximum absolute atomic E-state index is 11.8. The second-order valence-electron chi connectivity index (χ2n) is 4.18. The Kier molecular flexibility index (Phi) is 5.37. The highest BCUT2D eigenvalue weighted by atomic mass is 32.2. The molecule has 114 valence electrons. The van der Waals surface area contributed by atoms with Crippen LogP contribution in [0.2, 0.25) is 0 Å². The molecule has 0 heterocycles. The van der Waals surface area contributed by atoms with E-state index in [1.165, 1.54) is 19.2 Å². The Balaban J connectivity index is 3.16. The fraction of sp³-hybridized carbons (Fsp3) is 0.455. The monoisotopic (exact) mass is 322 g/mol. The van der Waals surface area contributed by atoms with E-state index in [-0.39, 0.29) is 22.1 Å². The lowest BCUT2D eigenvalue weighted by Gasteiger charge is -2.12. The van der Waals surface area contributed by atoms with E-state index in [9.17, 15) is 16.8 Å². The SMILES string of the molecule is CCCCS(=O)(=O)Nc1cc(S(N)(=O)=O)ccc1OC. The van der Waals surface area contributed by atoms with Gasteiger partial charge in [0.25, 0.3) is 0 Å². The summed E-state index contributed by atoms with van der Waals surface area (Å²) in [6.45, 7) is 1.87. The molecule has 20 heavy (non-hydrogen) atoms. The van der Waals surface area contributed by atoms with Crippen LogP contribution in [-0.4, -0.2) is 29.7 Å². The number of hydrogen-bond acceptors (Lipinski definition) is 5. The van der Waals surface area contributed by atoms with Crippen LogP contribution in [0.15, 0.2) is 23.1 Å². The lowest BCUT2D eigenvalue weighted by atomic mass is 10.3. The molecule has 0 aromatic heterocycles. The molecule has 7 nitrogen and oxygen atoms in total. The number of methoxy groups -OCH3 is 1. The summed E-state index contributed by atoms with van der Waals surface area (Å²) in [7, 11) is -6.11. The van der Waals surface area contributed by atoms with Crippen LogP contribution in [0, 0.1) is 0 Å². The van der Waals surface area contributed by atoms with Crippen molar-refractivity contribution in [2.75, 3.05) is 17.6 Å². The van der Waals surface area contributed by atoms with E-state index < -0.39 is 20.0 Å². The zero-order chi connectivity index (χ0) is 15.4. The van der Waals surface area contributed by atoms with E-state index >= 15 is 0 Å². The standard InChI is InChI=1S/C11H18N2O5S2/c1-3-4-7-19(14,15)13-10-8-9(20(12,16)17)5-6-11(10)18-2/h5-6,8,13H,3-4,7H2,1-2H3,(H2,12,16,17). The van der Waals surface area contributed by atoms with Gasteiger partial charge in [-0.05, 0) is 24.6 Å². The Morgan fingerprint density at radius 1 is 1.25 bits per heavy atom. The fourth-order valence-corrected chi connectivity index (χ4v) is 3.30. The van der Waals surface area contributed by atoms with Gasteiger partial charge < -0.3 is 4.74 Å². The maximum Gasteiger partial charge on any atom is 0.238 e. The third kappa shape index (κ3) is 4.66. The Labute approximate surface area is 119 Å². The van der Waals surface area contributed by atoms with Crippen molar-refractivity contribution in [1.82, 2.24) is 0 Å². The number of benzene rings is 1. The Bertz CT molecular complexity index is 668. The Hall–Kier alpha value is -1.32. The first-order valence-corrected chi connectivity index (χ1v) is 9.11. The number of anilines is 1. The lowest BCUT2D eigenvalue weighted by Crippen LogP contribution is -2.18. The molecule has 0 aliphatic carbocycles. The third-order valence-corrected chi connectivity index (χ3v) is 4.80. The quantitative estimate of drug-likeness (QED) is 0.773. The zero-order valence-corrected chi connectivity index (χ0v) is 12.9. The van der Waals surface area contributed by atoms with Crippen molar-refractivity contribution in [1.29, 1.82) is 0 Å². The summed E-state index contributed by atoms with van der Waals surface area (Å²) in [4.78, 5) is -0.188. The zero-order valence-electron chi connectivity index (χ0n) is 11.3. The molecule has 0 unspecified atom stereocenters. The molecular weight excluding hydrogens is 304 g/mol. The molecule has 0 saturated heterocycles. The van der Waals surface area contributed by atoms with E-state index in [0.717, 1.165) is 12.5 Å². The molecule has 1 rings (SSSR count). The molecular formula is C11H18N2O5S2. The summed E-state index contributed by atoms with van der Waals surface area (Å²) < 4.78 is 53.6. The molecule has 0 spiro atoms. The highest BCUT2D eigenvalue weighted by molar-refractivity contribution is 7.92. The Morgan fingerprint density at radius 3 is 2.40 bits per heavy atom. The van der Waals surface area contributed by atoms with Gasteiger partial charge >= 0.3 is 0 Å². The maximum atomic E-state index is 11.8. The van der Waals surface area contributed by atoms with Crippen LogP contribution in [0.25, 0.3) is 0 Å². The van der Waals surface area contributed by atoms with Crippen molar-refractivity contribution in [3.8, 4) is 5.75 Å². The molecule has 0 saturated carbocycles. The number of primary sulfonamides is 1. The van der Waals surface area contributed by atoms with E-state index in [4.69, 9.17) is 9.88 Å². The molecule has 0 aliphatic rings. The molecule has 0 radical (unpaired) electrons. The number of unbranched alkanes of at least 4 members (excludes halogenated alkanes) is 1. The summed E-state index contributed by atoms with van der Waals surface area (Å²) in [6.07, 6.45) is 1.24. The van der Waals surface area contributed by atoms with Crippen molar-refractivity contribution in [3.05, 3.63) is 18.2 Å². The summed E-state index contributed by atoms with van der Waals surface area (Å²) in [5.41, 5.74) is 0.0510. The largest absolute Gasteiger partial charge is 0.495 e. The summed E-state index contributed by atoms with van der Waals surface area (Å²) >= 11 is 0. The molecule has 0 bridgehead atoms. The van der Waals surface area contributed by atoms with Crippen molar-refractivity contribution in [2.45, 2.75) is 24.7 Å². The van der Waals surface area contributed by atoms with Crippen LogP contribution in [0.1, 0.15) is 19.8 Å². The van der Waals surface area contributed by atoms with E-state index in [2.05, 4.69) is 4.72 Å². The van der Waals surface area contributed by atoms with Crippen molar-refractivity contribution < 1.29 is 21.6 Å². The van der Waals surface area contributed by atoms with Gasteiger partial charge in [-0.25, -0.2) is 22.0 Å². The van der Waals surface area contributed by atoms with Gasteiger partial charge in [0.2, 0.25) is 20.0 Å². The summed E-state index contributed by atoms with van der Waals surface area (Å²) in [5, 5.41) is 5.02. The van der Waals surface area contributed by atoms with E-state index in [1.54, 1.807) is 0 Å². The van der Waals surface area contributed by atoms with Crippen molar-refractivity contribution in [3.63, 3.8) is 0 Å². The van der Waals surface area contributed by atoms with E-state index in [0.29, 0.717) is 6.42 Å². The first kappa shape index (κ1) is 16.7. The minimum absolute atomic E-state index is 0.0493. The van der Waals surface area contributed by atoms with Crippen molar-refractivity contribution >= 4 is 25.7 Å². The second kappa shape index (κ2) is 6.42. The van der Waals surface area contributed by atoms with Gasteiger partial charge in [-0.1, -0.05) is 13.3 Å². The van der Waals surface area contributed by atoms with Gasteiger partial charge in [-0.3, -0.25) is 4.72 Å². The number of nitrogens with two attached hydrogens (primary N) is 1. The fourth-order valence-electron chi connectivity index (χ4n) is 1.50. The van der Waals surface area contributed by atoms with Crippen LogP contribution in [0.4, 0.5) is 5.69 Å². The number of nitrogens with one attached hydrogen (secondary N) is 1. The third-order valence-electron chi connectivity index (χ3n) is 2.53. The molecule has 1 aromatic carbocycles. The van der Waals surface area contributed by atoms with Gasteiger partial charge in [-0.2, -0.15) is 0 Å². The van der Waals surface area contributed by atoms with Crippen LogP contribution in [0.5, 0.6) is 5.75 Å². The van der Waals surface area contributed by atoms with Gasteiger partial charge in [0.1, 0.15) is 5.75 Å². The van der Waals surface area contributed by atoms with Gasteiger partial charge in [-0.15, -0.1) is 0 Å². The lowest BCUT2D eigenvalue weighted by molar-refractivity contribution is 0.416. The molecule has 0 atom stereocenters. The van der Waals surface area contributed by atoms with Gasteiger partial charge in [0.15, 0.2) is 0 Å². The molecule has 9 heteroatoms. The minimum atomic E-state index is -3.91. The number of hydrogen-bond donors (Lipinski definition) is 2. The topological polar surface area (TPSA) is 116 Å². The molecule has 0 amide bonds. The first-order chi connectivity index (χ1) is 9.19. The highest BCUT2D eigenvalue weighted by Gasteiger charge is 2.16. The van der Waals surface area contributed by atoms with Crippen LogP contribution < -0.4 is 14.6 Å². The molecule has 0 aliphatic heterocycles. The predicted octanol–water partition coefficient (Wildman–Crippen LogP) is 0.884. The molecule has 3 N–H and O–H groups in total. The number of sulfonamides is 2. The molecule has 0 fully saturated rings. The smallest absolute Gasteiger partial charge is 0.238 e. The number of rotatable bonds is 7. The summed E-state index contributed by atoms with van der Waals surface area (Å²) in [5.74, 6) is 0.171. The van der Waals surface area contributed by atoms with Gasteiger partial charge in [0.05, 0.1) is 23.4 Å². The predicted molar refractivity (Wildman–Crippen MR) is 76.7 cm³/mol. The first-order valence-electron chi connectivity index (χ1n) is 5.91. The minimum Gasteiger partial charge on any atom is -0.495 e. The Morgan fingerprint density at radius 2 is 1.90 bits per heavy atom. The van der Waals surface area contributed by atoms with Crippen LogP contribution >= 0.6 is 0 Å². The average molecular weight is 322 g/mol. The highest BCUT2D eigenvalue weighted by Crippen LogP contribution is 2.28. The van der Waals surface area contributed by atoms with Crippen LogP contribution in [0.3, 0.4) is 0 Å². The normalized spacial score (nSPS) is 12.2. The van der Waals surface area contributed by atoms with E-state index in [1.807, 2.05) is 6.92 Å². The van der Waals surface area contributed by atoms with Gasteiger partial charge in [0, 0.05) is 0 Å². The van der Waals surface area contributed by atoms with Crippen molar-refractivity contribution in [2.24, 2.45) is 5.14 Å². The summed E-state index contributed by atoms with van der Waals surface area (Å²) in [6, 6.07) is 3.73. The molecule has 1 aromatic rings. The number of ether oxygens (including phenoxy) is 1. The second-order valence-corrected chi connectivity index (χ2v) is 7.58. The average Bonchev–Trinajstić information content (AvgIpc) is 2.35.